The number of allylic oxidation sites excluding steroid dienone is 4. The molecule has 0 amide bonds. The molecule has 5 nitrogen and oxygen atoms in total. The maximum absolute atomic E-state index is 4.73. The van der Waals surface area contributed by atoms with E-state index in [1.54, 1.807) is 18.3 Å². The van der Waals surface area contributed by atoms with Crippen LogP contribution < -0.4 is 5.32 Å². The molecule has 0 unspecified atom stereocenters. The second-order valence-corrected chi connectivity index (χ2v) is 5.94. The van der Waals surface area contributed by atoms with Crippen molar-refractivity contribution in [1.82, 2.24) is 19.9 Å². The van der Waals surface area contributed by atoms with Crippen LogP contribution in [-0.4, -0.2) is 19.9 Å². The fourth-order valence-electron chi connectivity index (χ4n) is 2.61. The third kappa shape index (κ3) is 3.35. The Morgan fingerprint density at radius 1 is 1.24 bits per heavy atom. The number of pyridine rings is 1. The van der Waals surface area contributed by atoms with Crippen LogP contribution in [0.5, 0.6) is 0 Å². The molecule has 0 saturated carbocycles. The first kappa shape index (κ1) is 16.6. The smallest absolute Gasteiger partial charge is 0.161 e. The molecule has 0 aliphatic rings. The number of fused-ring (bicyclic) bond motifs is 1. The van der Waals surface area contributed by atoms with Crippen LogP contribution >= 0.6 is 0 Å². The number of hydrogen-bond acceptors (Lipinski definition) is 4. The lowest BCUT2D eigenvalue weighted by Gasteiger charge is -2.15. The Kier molecular flexibility index (Phi) is 4.75. The lowest BCUT2D eigenvalue weighted by atomic mass is 10.1. The standard InChI is InChI=1S/C20H21N5/c1-5-7-14(6-2)18-23-12-16(13(3)4)20(25-18)24-17-9-11-22-19-15(17)8-10-21-19/h5-13H,1-2H2,3-4H3,(H2,21,22,23,24,25)/b14-7+. The quantitative estimate of drug-likeness (QED) is 0.625. The molecular formula is C20H21N5. The monoisotopic (exact) mass is 331 g/mol. The van der Waals surface area contributed by atoms with Crippen molar-refractivity contribution in [2.45, 2.75) is 19.8 Å². The third-order valence-electron chi connectivity index (χ3n) is 3.93. The van der Waals surface area contributed by atoms with Gasteiger partial charge in [0, 0.05) is 35.1 Å². The molecule has 5 heteroatoms. The van der Waals surface area contributed by atoms with E-state index in [0.29, 0.717) is 5.82 Å². The van der Waals surface area contributed by atoms with Crippen LogP contribution in [0, 0.1) is 0 Å². The summed E-state index contributed by atoms with van der Waals surface area (Å²) < 4.78 is 0. The van der Waals surface area contributed by atoms with Crippen molar-refractivity contribution in [3.63, 3.8) is 0 Å². The molecule has 3 aromatic heterocycles. The molecule has 0 saturated heterocycles. The Labute approximate surface area is 147 Å². The van der Waals surface area contributed by atoms with Gasteiger partial charge in [-0.2, -0.15) is 0 Å². The first-order chi connectivity index (χ1) is 12.1. The Bertz CT molecular complexity index is 950. The van der Waals surface area contributed by atoms with Crippen molar-refractivity contribution in [3.8, 4) is 0 Å². The summed E-state index contributed by atoms with van der Waals surface area (Å²) in [5, 5.41) is 4.46. The molecule has 0 aliphatic heterocycles. The summed E-state index contributed by atoms with van der Waals surface area (Å²) in [6, 6.07) is 3.94. The van der Waals surface area contributed by atoms with Crippen molar-refractivity contribution < 1.29 is 0 Å². The molecule has 0 aromatic carbocycles. The average Bonchev–Trinajstić information content (AvgIpc) is 3.09. The molecule has 0 spiro atoms. The Morgan fingerprint density at radius 2 is 2.08 bits per heavy atom. The topological polar surface area (TPSA) is 66.5 Å². The van der Waals surface area contributed by atoms with Crippen LogP contribution in [0.25, 0.3) is 16.6 Å². The molecule has 0 atom stereocenters. The van der Waals surface area contributed by atoms with Gasteiger partial charge in [0.25, 0.3) is 0 Å². The fourth-order valence-corrected chi connectivity index (χ4v) is 2.61. The van der Waals surface area contributed by atoms with Gasteiger partial charge in [-0.05, 0) is 18.1 Å². The van der Waals surface area contributed by atoms with Gasteiger partial charge < -0.3 is 10.3 Å². The van der Waals surface area contributed by atoms with Crippen LogP contribution in [0.15, 0.2) is 62.1 Å². The van der Waals surface area contributed by atoms with Crippen molar-refractivity contribution in [2.75, 3.05) is 5.32 Å². The summed E-state index contributed by atoms with van der Waals surface area (Å²) >= 11 is 0. The molecule has 0 aliphatic carbocycles. The zero-order valence-electron chi connectivity index (χ0n) is 14.5. The minimum absolute atomic E-state index is 0.288. The van der Waals surface area contributed by atoms with Crippen molar-refractivity contribution in [1.29, 1.82) is 0 Å². The van der Waals surface area contributed by atoms with E-state index >= 15 is 0 Å². The number of aromatic amines is 1. The average molecular weight is 331 g/mol. The molecule has 3 aromatic rings. The number of H-pyrrole nitrogens is 1. The second-order valence-electron chi connectivity index (χ2n) is 5.94. The summed E-state index contributed by atoms with van der Waals surface area (Å²) in [4.78, 5) is 16.7. The number of nitrogens with one attached hydrogen (secondary N) is 2. The zero-order valence-corrected chi connectivity index (χ0v) is 14.5. The maximum atomic E-state index is 4.73. The fraction of sp³-hybridized carbons (Fsp3) is 0.150. The predicted molar refractivity (Wildman–Crippen MR) is 104 cm³/mol. The highest BCUT2D eigenvalue weighted by Crippen LogP contribution is 2.29. The van der Waals surface area contributed by atoms with Gasteiger partial charge in [-0.25, -0.2) is 15.0 Å². The van der Waals surface area contributed by atoms with Crippen LogP contribution in [0.4, 0.5) is 11.5 Å². The van der Waals surface area contributed by atoms with E-state index < -0.39 is 0 Å². The molecule has 0 fully saturated rings. The molecule has 25 heavy (non-hydrogen) atoms. The first-order valence-electron chi connectivity index (χ1n) is 8.15. The van der Waals surface area contributed by atoms with Gasteiger partial charge in [0.2, 0.25) is 0 Å². The molecule has 3 rings (SSSR count). The number of rotatable bonds is 6. The largest absolute Gasteiger partial charge is 0.346 e. The first-order valence-corrected chi connectivity index (χ1v) is 8.15. The van der Waals surface area contributed by atoms with E-state index in [1.807, 2.05) is 30.6 Å². The van der Waals surface area contributed by atoms with Gasteiger partial charge in [0.15, 0.2) is 5.82 Å². The Hall–Kier alpha value is -3.21. The molecule has 0 radical (unpaired) electrons. The predicted octanol–water partition coefficient (Wildman–Crippen LogP) is 4.98. The lowest BCUT2D eigenvalue weighted by molar-refractivity contribution is 0.847. The second kappa shape index (κ2) is 7.13. The van der Waals surface area contributed by atoms with Gasteiger partial charge in [-0.3, -0.25) is 0 Å². The number of anilines is 2. The molecule has 0 bridgehead atoms. The van der Waals surface area contributed by atoms with Gasteiger partial charge >= 0.3 is 0 Å². The number of aromatic nitrogens is 4. The summed E-state index contributed by atoms with van der Waals surface area (Å²) in [5.74, 6) is 1.68. The summed E-state index contributed by atoms with van der Waals surface area (Å²) in [6.45, 7) is 11.8. The van der Waals surface area contributed by atoms with Crippen LogP contribution in [0.2, 0.25) is 0 Å². The highest BCUT2D eigenvalue weighted by atomic mass is 15.0. The summed E-state index contributed by atoms with van der Waals surface area (Å²) in [7, 11) is 0. The van der Waals surface area contributed by atoms with Crippen molar-refractivity contribution in [3.05, 3.63) is 73.5 Å². The third-order valence-corrected chi connectivity index (χ3v) is 3.93. The van der Waals surface area contributed by atoms with E-state index in [2.05, 4.69) is 47.3 Å². The van der Waals surface area contributed by atoms with E-state index in [4.69, 9.17) is 4.98 Å². The molecule has 2 N–H and O–H groups in total. The van der Waals surface area contributed by atoms with Crippen molar-refractivity contribution >= 4 is 28.1 Å². The molecule has 3 heterocycles. The minimum Gasteiger partial charge on any atom is -0.346 e. The minimum atomic E-state index is 0.288. The lowest BCUT2D eigenvalue weighted by Crippen LogP contribution is -2.05. The Morgan fingerprint density at radius 3 is 2.80 bits per heavy atom. The van der Waals surface area contributed by atoms with E-state index in [-0.39, 0.29) is 5.92 Å². The highest BCUT2D eigenvalue weighted by molar-refractivity contribution is 5.91. The summed E-state index contributed by atoms with van der Waals surface area (Å²) in [5.41, 5.74) is 3.66. The van der Waals surface area contributed by atoms with Crippen LogP contribution in [0.1, 0.15) is 31.2 Å². The van der Waals surface area contributed by atoms with Gasteiger partial charge in [0.1, 0.15) is 11.5 Å². The van der Waals surface area contributed by atoms with Crippen LogP contribution in [-0.2, 0) is 0 Å². The summed E-state index contributed by atoms with van der Waals surface area (Å²) in [6.07, 6.45) is 10.8. The van der Waals surface area contributed by atoms with Gasteiger partial charge in [0.05, 0.1) is 5.69 Å². The highest BCUT2D eigenvalue weighted by Gasteiger charge is 2.13. The molecule has 126 valence electrons. The maximum Gasteiger partial charge on any atom is 0.161 e. The normalized spacial score (nSPS) is 11.7. The zero-order chi connectivity index (χ0) is 17.8. The number of hydrogen-bond donors (Lipinski definition) is 2. The van der Waals surface area contributed by atoms with Crippen LogP contribution in [0.3, 0.4) is 0 Å². The van der Waals surface area contributed by atoms with Crippen molar-refractivity contribution in [2.24, 2.45) is 0 Å². The van der Waals surface area contributed by atoms with E-state index in [1.165, 1.54) is 0 Å². The van der Waals surface area contributed by atoms with E-state index in [9.17, 15) is 0 Å². The number of nitrogens with zero attached hydrogens (tertiary/aromatic N) is 3. The molecular weight excluding hydrogens is 310 g/mol. The van der Waals surface area contributed by atoms with Gasteiger partial charge in [-0.15, -0.1) is 0 Å². The Balaban J connectivity index is 2.09. The van der Waals surface area contributed by atoms with E-state index in [0.717, 1.165) is 33.7 Å². The SMILES string of the molecule is C=C/C=C(\C=C)c1ncc(C(C)C)c(Nc2ccnc3[nH]ccc23)n1. The van der Waals surface area contributed by atoms with Gasteiger partial charge in [-0.1, -0.05) is 45.2 Å².